The van der Waals surface area contributed by atoms with Crippen LogP contribution in [0.3, 0.4) is 0 Å². The highest BCUT2D eigenvalue weighted by atomic mass is 35.5. The van der Waals surface area contributed by atoms with E-state index in [4.69, 9.17) is 22.1 Å². The van der Waals surface area contributed by atoms with Crippen LogP contribution in [-0.4, -0.2) is 30.1 Å². The number of benzene rings is 2. The minimum Gasteiger partial charge on any atom is -0.493 e. The lowest BCUT2D eigenvalue weighted by molar-refractivity contribution is 0.194. The van der Waals surface area contributed by atoms with E-state index in [1.807, 2.05) is 80.6 Å². The Labute approximate surface area is 207 Å². The number of nitrogens with zero attached hydrogens (tertiary/aromatic N) is 1. The third kappa shape index (κ3) is 7.03. The number of nitrogens with one attached hydrogen (secondary N) is 1. The molecule has 2 aromatic carbocycles. The molecule has 0 bridgehead atoms. The fraction of sp³-hybridized carbons (Fsp3) is 0.250. The number of allylic oxidation sites excluding steroid dienone is 3. The van der Waals surface area contributed by atoms with Crippen LogP contribution in [0, 0.1) is 0 Å². The predicted molar refractivity (Wildman–Crippen MR) is 141 cm³/mol. The van der Waals surface area contributed by atoms with E-state index in [1.54, 1.807) is 17.0 Å². The van der Waals surface area contributed by atoms with Crippen molar-refractivity contribution in [3.63, 3.8) is 0 Å². The second-order valence-electron chi connectivity index (χ2n) is 7.88. The summed E-state index contributed by atoms with van der Waals surface area (Å²) in [6, 6.07) is 15.0. The Kier molecular flexibility index (Phi) is 9.41. The molecule has 0 aromatic heterocycles. The predicted octanol–water partition coefficient (Wildman–Crippen LogP) is 6.34. The highest BCUT2D eigenvalue weighted by Crippen LogP contribution is 2.24. The summed E-state index contributed by atoms with van der Waals surface area (Å²) in [5.41, 5.74) is 9.67. The summed E-state index contributed by atoms with van der Waals surface area (Å²) < 4.78 is 6.03. The fourth-order valence-electron chi connectivity index (χ4n) is 3.68. The first-order chi connectivity index (χ1) is 16.5. The maximum Gasteiger partial charge on any atom is 0.318 e. The average Bonchev–Trinajstić information content (AvgIpc) is 3.09. The molecule has 178 valence electrons. The van der Waals surface area contributed by atoms with E-state index in [9.17, 15) is 4.79 Å². The molecule has 3 N–H and O–H groups in total. The molecule has 6 heteroatoms. The monoisotopic (exact) mass is 477 g/mol. The normalized spacial score (nSPS) is 14.2. The number of rotatable bonds is 9. The van der Waals surface area contributed by atoms with Crippen LogP contribution < -0.4 is 11.1 Å². The van der Waals surface area contributed by atoms with E-state index in [2.05, 4.69) is 11.4 Å². The number of halogens is 1. The van der Waals surface area contributed by atoms with Gasteiger partial charge in [-0.1, -0.05) is 72.3 Å². The summed E-state index contributed by atoms with van der Waals surface area (Å²) in [4.78, 5) is 14.6. The van der Waals surface area contributed by atoms with E-state index in [1.165, 1.54) is 0 Å². The van der Waals surface area contributed by atoms with Gasteiger partial charge in [0.25, 0.3) is 0 Å². The van der Waals surface area contributed by atoms with Gasteiger partial charge in [0.15, 0.2) is 0 Å². The van der Waals surface area contributed by atoms with Crippen molar-refractivity contribution in [3.05, 3.63) is 106 Å². The lowest BCUT2D eigenvalue weighted by Crippen LogP contribution is -2.45. The topological polar surface area (TPSA) is 67.6 Å². The number of likely N-dealkylation sites (N-methyl/N-ethyl adjacent to an activating group) is 1. The molecular formula is C28H32ClN3O2. The molecule has 2 amide bonds. The zero-order valence-electron chi connectivity index (χ0n) is 19.7. The molecule has 0 radical (unpaired) electrons. The minimum atomic E-state index is -0.295. The van der Waals surface area contributed by atoms with Crippen LogP contribution in [0.2, 0.25) is 5.02 Å². The Morgan fingerprint density at radius 3 is 2.74 bits per heavy atom. The number of anilines is 1. The van der Waals surface area contributed by atoms with Gasteiger partial charge < -0.3 is 20.7 Å². The number of ether oxygens (including phenoxy) is 1. The van der Waals surface area contributed by atoms with Crippen LogP contribution in [0.4, 0.5) is 10.5 Å². The molecule has 3 rings (SSSR count). The standard InChI is InChI=1S/C28H32ClN3O2/c1-3-31-28(33)32(4-2)27(18-14-23-19-24(29)15-17-26(23)30)22-11-8-12-25(16-13-22)34-20-21-9-6-5-7-10-21/h5-11,13-19,27H,3-4,12,20,30H2,1-2H3,(H,31,33)/b18-14+. The molecule has 0 saturated heterocycles. The van der Waals surface area contributed by atoms with Crippen molar-refractivity contribution in [3.8, 4) is 0 Å². The second kappa shape index (κ2) is 12.7. The number of hydrogen-bond acceptors (Lipinski definition) is 3. The summed E-state index contributed by atoms with van der Waals surface area (Å²) in [5.74, 6) is 0.873. The summed E-state index contributed by atoms with van der Waals surface area (Å²) >= 11 is 6.17. The molecule has 5 nitrogen and oxygen atoms in total. The molecule has 0 aliphatic heterocycles. The molecule has 0 fully saturated rings. The van der Waals surface area contributed by atoms with Crippen LogP contribution >= 0.6 is 11.6 Å². The third-order valence-electron chi connectivity index (χ3n) is 5.47. The van der Waals surface area contributed by atoms with E-state index in [0.29, 0.717) is 36.8 Å². The van der Waals surface area contributed by atoms with Crippen molar-refractivity contribution < 1.29 is 9.53 Å². The quantitative estimate of drug-likeness (QED) is 0.414. The maximum atomic E-state index is 12.8. The third-order valence-corrected chi connectivity index (χ3v) is 5.71. The first-order valence-corrected chi connectivity index (χ1v) is 11.9. The highest BCUT2D eigenvalue weighted by molar-refractivity contribution is 6.30. The largest absolute Gasteiger partial charge is 0.493 e. The zero-order valence-corrected chi connectivity index (χ0v) is 20.5. The van der Waals surface area contributed by atoms with E-state index in [-0.39, 0.29) is 12.1 Å². The Hall–Kier alpha value is -3.44. The number of hydrogen-bond donors (Lipinski definition) is 2. The number of nitrogen functional groups attached to an aromatic ring is 1. The van der Waals surface area contributed by atoms with Gasteiger partial charge in [0.05, 0.1) is 6.04 Å². The first kappa shape index (κ1) is 25.2. The molecular weight excluding hydrogens is 446 g/mol. The number of carbonyl (C=O) groups is 1. The highest BCUT2D eigenvalue weighted by Gasteiger charge is 2.22. The lowest BCUT2D eigenvalue weighted by atomic mass is 10.0. The van der Waals surface area contributed by atoms with Crippen LogP contribution in [0.5, 0.6) is 0 Å². The van der Waals surface area contributed by atoms with Gasteiger partial charge in [-0.25, -0.2) is 4.79 Å². The zero-order chi connectivity index (χ0) is 24.3. The number of amides is 2. The van der Waals surface area contributed by atoms with E-state index in [0.717, 1.165) is 22.5 Å². The Bertz CT molecular complexity index is 1090. The van der Waals surface area contributed by atoms with Gasteiger partial charge in [-0.05, 0) is 54.8 Å². The summed E-state index contributed by atoms with van der Waals surface area (Å²) in [6.07, 6.45) is 12.7. The van der Waals surface area contributed by atoms with Gasteiger partial charge in [0.1, 0.15) is 12.4 Å². The molecule has 0 spiro atoms. The Balaban J connectivity index is 1.88. The summed E-state index contributed by atoms with van der Waals surface area (Å²) in [6.45, 7) is 5.49. The van der Waals surface area contributed by atoms with E-state index >= 15 is 0 Å². The van der Waals surface area contributed by atoms with Gasteiger partial charge >= 0.3 is 6.03 Å². The van der Waals surface area contributed by atoms with Crippen LogP contribution in [0.1, 0.15) is 31.4 Å². The molecule has 0 saturated carbocycles. The molecule has 0 heterocycles. The van der Waals surface area contributed by atoms with Gasteiger partial charge in [-0.3, -0.25) is 0 Å². The molecule has 1 unspecified atom stereocenters. The van der Waals surface area contributed by atoms with Crippen molar-refractivity contribution in [1.29, 1.82) is 0 Å². The summed E-state index contributed by atoms with van der Waals surface area (Å²) in [7, 11) is 0. The summed E-state index contributed by atoms with van der Waals surface area (Å²) in [5, 5.41) is 3.52. The Morgan fingerprint density at radius 1 is 1.21 bits per heavy atom. The lowest BCUT2D eigenvalue weighted by Gasteiger charge is -2.30. The fourth-order valence-corrected chi connectivity index (χ4v) is 3.86. The van der Waals surface area contributed by atoms with Crippen molar-refractivity contribution in [2.24, 2.45) is 0 Å². The Morgan fingerprint density at radius 2 is 2.00 bits per heavy atom. The van der Waals surface area contributed by atoms with Gasteiger partial charge in [0.2, 0.25) is 0 Å². The van der Waals surface area contributed by atoms with Crippen molar-refractivity contribution in [2.75, 3.05) is 18.8 Å². The molecule has 1 atom stereocenters. The van der Waals surface area contributed by atoms with Crippen molar-refractivity contribution in [2.45, 2.75) is 32.9 Å². The van der Waals surface area contributed by atoms with Crippen LogP contribution in [-0.2, 0) is 11.3 Å². The first-order valence-electron chi connectivity index (χ1n) is 11.5. The van der Waals surface area contributed by atoms with Gasteiger partial charge in [-0.15, -0.1) is 0 Å². The SMILES string of the molecule is CCNC(=O)N(CC)C(/C=C/c1cc(Cl)ccc1N)C1=CC=C(OCc2ccccc2)CC=C1. The second-order valence-corrected chi connectivity index (χ2v) is 8.32. The van der Waals surface area contributed by atoms with Crippen molar-refractivity contribution in [1.82, 2.24) is 10.2 Å². The van der Waals surface area contributed by atoms with Crippen LogP contribution in [0.15, 0.2) is 90.2 Å². The number of urea groups is 1. The molecule has 34 heavy (non-hydrogen) atoms. The molecule has 1 aliphatic carbocycles. The van der Waals surface area contributed by atoms with Gasteiger partial charge in [0, 0.05) is 30.2 Å². The van der Waals surface area contributed by atoms with Crippen molar-refractivity contribution >= 4 is 29.4 Å². The van der Waals surface area contributed by atoms with E-state index < -0.39 is 0 Å². The van der Waals surface area contributed by atoms with Gasteiger partial charge in [-0.2, -0.15) is 0 Å². The minimum absolute atomic E-state index is 0.123. The average molecular weight is 478 g/mol. The smallest absolute Gasteiger partial charge is 0.318 e. The number of nitrogens with two attached hydrogens (primary N) is 1. The molecule has 1 aliphatic rings. The molecule has 2 aromatic rings. The van der Waals surface area contributed by atoms with Crippen LogP contribution in [0.25, 0.3) is 6.08 Å². The maximum absolute atomic E-state index is 12.8. The number of carbonyl (C=O) groups excluding carboxylic acids is 1.